The summed E-state index contributed by atoms with van der Waals surface area (Å²) >= 11 is 0. The Bertz CT molecular complexity index is 614. The predicted octanol–water partition coefficient (Wildman–Crippen LogP) is 1.96. The molecule has 0 radical (unpaired) electrons. The number of pyridine rings is 1. The minimum atomic E-state index is -0.206. The highest BCUT2D eigenvalue weighted by Gasteiger charge is 2.06. The molecule has 2 heterocycles. The quantitative estimate of drug-likeness (QED) is 0.819. The number of aryl methyl sites for hydroxylation is 1. The van der Waals surface area contributed by atoms with Gasteiger partial charge in [0.1, 0.15) is 0 Å². The standard InChI is InChI=1S/C15H18N2O3/c1-12-6-4-8-14(18)17(12)10-3-2-9-16-15(19)13-7-5-11-20-13/h4-8,11H,2-3,9-10H2,1H3,(H,16,19). The van der Waals surface area contributed by atoms with Crippen LogP contribution in [0.3, 0.4) is 0 Å². The van der Waals surface area contributed by atoms with Crippen LogP contribution >= 0.6 is 0 Å². The summed E-state index contributed by atoms with van der Waals surface area (Å²) in [6.07, 6.45) is 3.12. The van der Waals surface area contributed by atoms with E-state index in [1.807, 2.05) is 13.0 Å². The van der Waals surface area contributed by atoms with Crippen LogP contribution in [0.1, 0.15) is 29.1 Å². The van der Waals surface area contributed by atoms with Crippen molar-refractivity contribution in [2.24, 2.45) is 0 Å². The molecule has 2 aromatic heterocycles. The number of unbranched alkanes of at least 4 members (excludes halogenated alkanes) is 1. The fraction of sp³-hybridized carbons (Fsp3) is 0.333. The molecule has 0 aromatic carbocycles. The van der Waals surface area contributed by atoms with Gasteiger partial charge in [0.15, 0.2) is 5.76 Å². The molecule has 0 unspecified atom stereocenters. The third-order valence-corrected chi connectivity index (χ3v) is 3.11. The van der Waals surface area contributed by atoms with Crippen molar-refractivity contribution in [3.8, 4) is 0 Å². The first-order valence-electron chi connectivity index (χ1n) is 6.66. The average molecular weight is 274 g/mol. The lowest BCUT2D eigenvalue weighted by Gasteiger charge is -2.09. The Balaban J connectivity index is 1.72. The lowest BCUT2D eigenvalue weighted by atomic mass is 10.2. The Labute approximate surface area is 117 Å². The van der Waals surface area contributed by atoms with Crippen molar-refractivity contribution in [1.82, 2.24) is 9.88 Å². The first kappa shape index (κ1) is 14.1. The van der Waals surface area contributed by atoms with Gasteiger partial charge in [-0.1, -0.05) is 6.07 Å². The summed E-state index contributed by atoms with van der Waals surface area (Å²) < 4.78 is 6.74. The number of carbonyl (C=O) groups excluding carboxylic acids is 1. The molecule has 5 heteroatoms. The zero-order valence-electron chi connectivity index (χ0n) is 11.5. The summed E-state index contributed by atoms with van der Waals surface area (Å²) in [6.45, 7) is 3.16. The predicted molar refractivity (Wildman–Crippen MR) is 75.7 cm³/mol. The molecule has 1 amide bonds. The second kappa shape index (κ2) is 6.75. The highest BCUT2D eigenvalue weighted by molar-refractivity contribution is 5.91. The molecule has 0 bridgehead atoms. The number of hydrogen-bond donors (Lipinski definition) is 1. The minimum absolute atomic E-state index is 0.0182. The monoisotopic (exact) mass is 274 g/mol. The fourth-order valence-electron chi connectivity index (χ4n) is 2.00. The molecule has 1 N–H and O–H groups in total. The number of aromatic nitrogens is 1. The van der Waals surface area contributed by atoms with Crippen LogP contribution in [0, 0.1) is 6.92 Å². The Kier molecular flexibility index (Phi) is 4.76. The summed E-state index contributed by atoms with van der Waals surface area (Å²) in [5.41, 5.74) is 0.974. The van der Waals surface area contributed by atoms with Crippen molar-refractivity contribution in [3.63, 3.8) is 0 Å². The number of furan rings is 1. The van der Waals surface area contributed by atoms with Crippen LogP contribution in [0.2, 0.25) is 0 Å². The van der Waals surface area contributed by atoms with Crippen LogP contribution < -0.4 is 10.9 Å². The van der Waals surface area contributed by atoms with Gasteiger partial charge in [0, 0.05) is 24.8 Å². The SMILES string of the molecule is Cc1cccc(=O)n1CCCCNC(=O)c1ccco1. The van der Waals surface area contributed by atoms with Crippen molar-refractivity contribution in [3.05, 3.63) is 58.4 Å². The maximum atomic E-state index is 11.6. The van der Waals surface area contributed by atoms with Gasteiger partial charge in [0.25, 0.3) is 11.5 Å². The molecule has 0 saturated heterocycles. The lowest BCUT2D eigenvalue weighted by Crippen LogP contribution is -2.25. The molecular weight excluding hydrogens is 256 g/mol. The van der Waals surface area contributed by atoms with Crippen molar-refractivity contribution < 1.29 is 9.21 Å². The average Bonchev–Trinajstić information content (AvgIpc) is 2.95. The van der Waals surface area contributed by atoms with E-state index in [9.17, 15) is 9.59 Å². The largest absolute Gasteiger partial charge is 0.459 e. The lowest BCUT2D eigenvalue weighted by molar-refractivity contribution is 0.0925. The van der Waals surface area contributed by atoms with E-state index in [-0.39, 0.29) is 11.5 Å². The first-order valence-corrected chi connectivity index (χ1v) is 6.66. The zero-order valence-corrected chi connectivity index (χ0v) is 11.5. The van der Waals surface area contributed by atoms with Crippen LogP contribution in [0.4, 0.5) is 0 Å². The van der Waals surface area contributed by atoms with E-state index in [1.54, 1.807) is 28.8 Å². The Hall–Kier alpha value is -2.30. The Morgan fingerprint density at radius 3 is 2.80 bits per heavy atom. The third-order valence-electron chi connectivity index (χ3n) is 3.11. The maximum Gasteiger partial charge on any atom is 0.286 e. The van der Waals surface area contributed by atoms with E-state index in [0.29, 0.717) is 18.8 Å². The van der Waals surface area contributed by atoms with Gasteiger partial charge in [-0.3, -0.25) is 9.59 Å². The van der Waals surface area contributed by atoms with E-state index in [2.05, 4.69) is 5.32 Å². The van der Waals surface area contributed by atoms with Gasteiger partial charge in [0.05, 0.1) is 6.26 Å². The van der Waals surface area contributed by atoms with Crippen molar-refractivity contribution in [2.75, 3.05) is 6.54 Å². The molecule has 0 spiro atoms. The number of nitrogens with one attached hydrogen (secondary N) is 1. The highest BCUT2D eigenvalue weighted by atomic mass is 16.3. The smallest absolute Gasteiger partial charge is 0.286 e. The minimum Gasteiger partial charge on any atom is -0.459 e. The summed E-state index contributed by atoms with van der Waals surface area (Å²) in [5, 5.41) is 2.78. The number of nitrogens with zero attached hydrogens (tertiary/aromatic N) is 1. The topological polar surface area (TPSA) is 64.2 Å². The second-order valence-corrected chi connectivity index (χ2v) is 4.60. The molecule has 5 nitrogen and oxygen atoms in total. The van der Waals surface area contributed by atoms with Gasteiger partial charge in [-0.15, -0.1) is 0 Å². The summed E-state index contributed by atoms with van der Waals surface area (Å²) in [6, 6.07) is 8.55. The van der Waals surface area contributed by atoms with Crippen molar-refractivity contribution in [2.45, 2.75) is 26.3 Å². The van der Waals surface area contributed by atoms with E-state index < -0.39 is 0 Å². The molecule has 0 aliphatic rings. The molecule has 2 rings (SSSR count). The number of rotatable bonds is 6. The zero-order chi connectivity index (χ0) is 14.4. The van der Waals surface area contributed by atoms with Crippen LogP contribution in [-0.4, -0.2) is 17.0 Å². The Morgan fingerprint density at radius 2 is 2.10 bits per heavy atom. The van der Waals surface area contributed by atoms with Crippen molar-refractivity contribution >= 4 is 5.91 Å². The third kappa shape index (κ3) is 3.60. The molecule has 106 valence electrons. The highest BCUT2D eigenvalue weighted by Crippen LogP contribution is 2.00. The van der Waals surface area contributed by atoms with Crippen LogP contribution in [0.5, 0.6) is 0 Å². The molecule has 2 aromatic rings. The van der Waals surface area contributed by atoms with Gasteiger partial charge in [0.2, 0.25) is 0 Å². The van der Waals surface area contributed by atoms with Gasteiger partial charge in [-0.2, -0.15) is 0 Å². The summed E-state index contributed by atoms with van der Waals surface area (Å²) in [4.78, 5) is 23.2. The summed E-state index contributed by atoms with van der Waals surface area (Å²) in [7, 11) is 0. The van der Waals surface area contributed by atoms with Gasteiger partial charge < -0.3 is 14.3 Å². The number of hydrogen-bond acceptors (Lipinski definition) is 3. The fourth-order valence-corrected chi connectivity index (χ4v) is 2.00. The van der Waals surface area contributed by atoms with E-state index >= 15 is 0 Å². The molecule has 0 aliphatic carbocycles. The molecule has 0 aliphatic heterocycles. The van der Waals surface area contributed by atoms with Gasteiger partial charge in [-0.05, 0) is 38.0 Å². The normalized spacial score (nSPS) is 10.4. The Morgan fingerprint density at radius 1 is 1.25 bits per heavy atom. The van der Waals surface area contributed by atoms with E-state index in [1.165, 1.54) is 6.26 Å². The summed E-state index contributed by atoms with van der Waals surface area (Å²) in [5.74, 6) is 0.114. The first-order chi connectivity index (χ1) is 9.68. The molecule has 0 fully saturated rings. The van der Waals surface area contributed by atoms with Crippen LogP contribution in [0.15, 0.2) is 45.8 Å². The maximum absolute atomic E-state index is 11.6. The van der Waals surface area contributed by atoms with E-state index in [0.717, 1.165) is 18.5 Å². The molecular formula is C15H18N2O3. The van der Waals surface area contributed by atoms with Gasteiger partial charge >= 0.3 is 0 Å². The molecule has 20 heavy (non-hydrogen) atoms. The number of carbonyl (C=O) groups is 1. The van der Waals surface area contributed by atoms with Gasteiger partial charge in [-0.25, -0.2) is 0 Å². The molecule has 0 atom stereocenters. The molecule has 0 saturated carbocycles. The second-order valence-electron chi connectivity index (χ2n) is 4.60. The van der Waals surface area contributed by atoms with E-state index in [4.69, 9.17) is 4.42 Å². The van der Waals surface area contributed by atoms with Crippen molar-refractivity contribution in [1.29, 1.82) is 0 Å². The van der Waals surface area contributed by atoms with Crippen LogP contribution in [0.25, 0.3) is 0 Å². The van der Waals surface area contributed by atoms with Crippen LogP contribution in [-0.2, 0) is 6.54 Å². The number of amides is 1.